The highest BCUT2D eigenvalue weighted by Crippen LogP contribution is 2.05. The molecule has 1 N–H and O–H groups in total. The van der Waals surface area contributed by atoms with Gasteiger partial charge in [0.25, 0.3) is 0 Å². The molecular formula is C22H35N5O3. The molecule has 8 nitrogen and oxygen atoms in total. The maximum absolute atomic E-state index is 12.5. The van der Waals surface area contributed by atoms with Crippen LogP contribution in [0.15, 0.2) is 35.3 Å². The number of aliphatic imine (C=N–C) groups is 1. The standard InChI is InChI=1S/C22H35N5O3/c1-2-23-22(24-8-15-30-19-20-6-4-3-5-7-20)27-11-9-25(10-12-27)18-21(28)26-13-16-29-17-14-26/h3-7H,2,8-19H2,1H3,(H,23,24). The lowest BCUT2D eigenvalue weighted by atomic mass is 10.2. The number of carbonyl (C=O) groups excluding carboxylic acids is 1. The van der Waals surface area contributed by atoms with E-state index >= 15 is 0 Å². The summed E-state index contributed by atoms with van der Waals surface area (Å²) in [5.41, 5.74) is 1.18. The number of carbonyl (C=O) groups is 1. The number of nitrogens with zero attached hydrogens (tertiary/aromatic N) is 4. The average Bonchev–Trinajstić information content (AvgIpc) is 2.80. The van der Waals surface area contributed by atoms with E-state index in [9.17, 15) is 4.79 Å². The van der Waals surface area contributed by atoms with Gasteiger partial charge in [0.15, 0.2) is 5.96 Å². The number of amides is 1. The van der Waals surface area contributed by atoms with Crippen molar-refractivity contribution in [2.75, 3.05) is 78.7 Å². The third kappa shape index (κ3) is 7.27. The molecule has 2 aliphatic rings. The first kappa shape index (κ1) is 22.5. The van der Waals surface area contributed by atoms with Gasteiger partial charge in [0.2, 0.25) is 5.91 Å². The maximum atomic E-state index is 12.5. The molecule has 1 aromatic carbocycles. The zero-order chi connectivity index (χ0) is 21.0. The van der Waals surface area contributed by atoms with Gasteiger partial charge in [-0.3, -0.25) is 14.7 Å². The van der Waals surface area contributed by atoms with Crippen molar-refractivity contribution in [2.45, 2.75) is 13.5 Å². The van der Waals surface area contributed by atoms with E-state index in [1.807, 2.05) is 23.1 Å². The van der Waals surface area contributed by atoms with Gasteiger partial charge in [-0.05, 0) is 12.5 Å². The summed E-state index contributed by atoms with van der Waals surface area (Å²) in [5.74, 6) is 1.14. The van der Waals surface area contributed by atoms with Crippen LogP contribution in [0.5, 0.6) is 0 Å². The summed E-state index contributed by atoms with van der Waals surface area (Å²) in [6.45, 7) is 11.4. The van der Waals surface area contributed by atoms with Crippen LogP contribution in [-0.4, -0.2) is 105 Å². The molecule has 0 saturated carbocycles. The molecule has 0 unspecified atom stereocenters. The number of morpholine rings is 1. The summed E-state index contributed by atoms with van der Waals surface area (Å²) in [6.07, 6.45) is 0. The molecule has 0 bridgehead atoms. The van der Waals surface area contributed by atoms with Crippen molar-refractivity contribution in [3.05, 3.63) is 35.9 Å². The summed E-state index contributed by atoms with van der Waals surface area (Å²) >= 11 is 0. The van der Waals surface area contributed by atoms with E-state index in [0.717, 1.165) is 38.7 Å². The smallest absolute Gasteiger partial charge is 0.236 e. The van der Waals surface area contributed by atoms with Gasteiger partial charge in [0, 0.05) is 45.8 Å². The third-order valence-electron chi connectivity index (χ3n) is 5.34. The highest BCUT2D eigenvalue weighted by Gasteiger charge is 2.24. The van der Waals surface area contributed by atoms with E-state index < -0.39 is 0 Å². The van der Waals surface area contributed by atoms with E-state index in [0.29, 0.717) is 52.6 Å². The summed E-state index contributed by atoms with van der Waals surface area (Å²) in [4.78, 5) is 23.6. The van der Waals surface area contributed by atoms with Crippen LogP contribution < -0.4 is 5.32 Å². The fraction of sp³-hybridized carbons (Fsp3) is 0.636. The molecule has 0 aliphatic carbocycles. The minimum atomic E-state index is 0.211. The Labute approximate surface area is 179 Å². The highest BCUT2D eigenvalue weighted by atomic mass is 16.5. The fourth-order valence-corrected chi connectivity index (χ4v) is 3.63. The first-order valence-corrected chi connectivity index (χ1v) is 11.0. The SMILES string of the molecule is CCNC(=NCCOCc1ccccc1)N1CCN(CC(=O)N2CCOCC2)CC1. The number of piperazine rings is 1. The van der Waals surface area contributed by atoms with Crippen LogP contribution in [-0.2, 0) is 20.9 Å². The number of hydrogen-bond acceptors (Lipinski definition) is 5. The minimum Gasteiger partial charge on any atom is -0.378 e. The molecule has 0 atom stereocenters. The summed E-state index contributed by atoms with van der Waals surface area (Å²) in [5, 5.41) is 3.38. The van der Waals surface area contributed by atoms with Gasteiger partial charge in [-0.15, -0.1) is 0 Å². The van der Waals surface area contributed by atoms with Gasteiger partial charge in [-0.1, -0.05) is 30.3 Å². The average molecular weight is 418 g/mol. The van der Waals surface area contributed by atoms with Crippen molar-refractivity contribution in [1.82, 2.24) is 20.0 Å². The fourth-order valence-electron chi connectivity index (χ4n) is 3.63. The predicted octanol–water partition coefficient (Wildman–Crippen LogP) is 0.645. The number of rotatable bonds is 8. The van der Waals surface area contributed by atoms with Gasteiger partial charge in [0.05, 0.1) is 39.5 Å². The van der Waals surface area contributed by atoms with E-state index in [2.05, 4.69) is 34.2 Å². The van der Waals surface area contributed by atoms with Crippen LogP contribution in [0.2, 0.25) is 0 Å². The second-order valence-corrected chi connectivity index (χ2v) is 7.53. The Hall–Kier alpha value is -2.16. The number of guanidine groups is 1. The molecule has 0 spiro atoms. The lowest BCUT2D eigenvalue weighted by Crippen LogP contribution is -2.55. The molecule has 1 amide bonds. The van der Waals surface area contributed by atoms with Crippen molar-refractivity contribution in [3.63, 3.8) is 0 Å². The molecule has 2 fully saturated rings. The number of benzene rings is 1. The topological polar surface area (TPSA) is 69.6 Å². The van der Waals surface area contributed by atoms with Crippen molar-refractivity contribution in [3.8, 4) is 0 Å². The Balaban J connectivity index is 1.38. The largest absolute Gasteiger partial charge is 0.378 e. The number of hydrogen-bond donors (Lipinski definition) is 1. The number of nitrogens with one attached hydrogen (secondary N) is 1. The Morgan fingerprint density at radius 2 is 1.80 bits per heavy atom. The highest BCUT2D eigenvalue weighted by molar-refractivity contribution is 5.80. The number of ether oxygens (including phenoxy) is 2. The van der Waals surface area contributed by atoms with Crippen molar-refractivity contribution >= 4 is 11.9 Å². The van der Waals surface area contributed by atoms with Gasteiger partial charge in [-0.25, -0.2) is 0 Å². The first-order chi connectivity index (χ1) is 14.8. The lowest BCUT2D eigenvalue weighted by Gasteiger charge is -2.37. The summed E-state index contributed by atoms with van der Waals surface area (Å²) < 4.78 is 11.1. The normalized spacial score (nSPS) is 18.5. The van der Waals surface area contributed by atoms with Crippen molar-refractivity contribution < 1.29 is 14.3 Å². The monoisotopic (exact) mass is 417 g/mol. The maximum Gasteiger partial charge on any atom is 0.236 e. The minimum absolute atomic E-state index is 0.211. The van der Waals surface area contributed by atoms with Crippen molar-refractivity contribution in [1.29, 1.82) is 0 Å². The zero-order valence-electron chi connectivity index (χ0n) is 18.1. The van der Waals surface area contributed by atoms with E-state index in [-0.39, 0.29) is 5.91 Å². The van der Waals surface area contributed by atoms with Crippen LogP contribution >= 0.6 is 0 Å². The Morgan fingerprint density at radius 1 is 1.07 bits per heavy atom. The summed E-state index contributed by atoms with van der Waals surface area (Å²) in [7, 11) is 0. The molecule has 2 saturated heterocycles. The second kappa shape index (κ2) is 12.5. The van der Waals surface area contributed by atoms with Crippen LogP contribution in [0.4, 0.5) is 0 Å². The molecule has 2 aliphatic heterocycles. The van der Waals surface area contributed by atoms with Crippen LogP contribution in [0.25, 0.3) is 0 Å². The molecule has 166 valence electrons. The molecule has 0 aromatic heterocycles. The predicted molar refractivity (Wildman–Crippen MR) is 117 cm³/mol. The van der Waals surface area contributed by atoms with E-state index in [1.54, 1.807) is 0 Å². The Kier molecular flexibility index (Phi) is 9.40. The molecule has 0 radical (unpaired) electrons. The molecule has 3 rings (SSSR count). The second-order valence-electron chi connectivity index (χ2n) is 7.53. The van der Waals surface area contributed by atoms with Crippen molar-refractivity contribution in [2.24, 2.45) is 4.99 Å². The Bertz CT molecular complexity index is 656. The van der Waals surface area contributed by atoms with Gasteiger partial charge in [0.1, 0.15) is 0 Å². The lowest BCUT2D eigenvalue weighted by molar-refractivity contribution is -0.136. The molecule has 1 aromatic rings. The molecule has 30 heavy (non-hydrogen) atoms. The van der Waals surface area contributed by atoms with E-state index in [4.69, 9.17) is 14.5 Å². The third-order valence-corrected chi connectivity index (χ3v) is 5.34. The molecule has 8 heteroatoms. The van der Waals surface area contributed by atoms with Gasteiger partial charge >= 0.3 is 0 Å². The summed E-state index contributed by atoms with van der Waals surface area (Å²) in [6, 6.07) is 10.2. The molecule has 2 heterocycles. The van der Waals surface area contributed by atoms with Gasteiger partial charge < -0.3 is 24.6 Å². The van der Waals surface area contributed by atoms with Crippen LogP contribution in [0.3, 0.4) is 0 Å². The van der Waals surface area contributed by atoms with Gasteiger partial charge in [-0.2, -0.15) is 0 Å². The first-order valence-electron chi connectivity index (χ1n) is 11.0. The van der Waals surface area contributed by atoms with Crippen LogP contribution in [0, 0.1) is 0 Å². The van der Waals surface area contributed by atoms with E-state index in [1.165, 1.54) is 5.56 Å². The quantitative estimate of drug-likeness (QED) is 0.380. The van der Waals surface area contributed by atoms with Crippen LogP contribution in [0.1, 0.15) is 12.5 Å². The zero-order valence-corrected chi connectivity index (χ0v) is 18.1. The Morgan fingerprint density at radius 3 is 2.50 bits per heavy atom. The molecular weight excluding hydrogens is 382 g/mol.